The van der Waals surface area contributed by atoms with E-state index in [1.165, 1.54) is 12.8 Å². The van der Waals surface area contributed by atoms with E-state index in [0.717, 1.165) is 36.2 Å². The Morgan fingerprint density at radius 2 is 2.00 bits per heavy atom. The molecule has 0 bridgehead atoms. The van der Waals surface area contributed by atoms with Crippen LogP contribution in [0.1, 0.15) is 32.4 Å². The van der Waals surface area contributed by atoms with Crippen LogP contribution in [0.15, 0.2) is 12.1 Å². The van der Waals surface area contributed by atoms with Crippen molar-refractivity contribution < 1.29 is 4.74 Å². The fourth-order valence-electron chi connectivity index (χ4n) is 2.67. The molecule has 2 aliphatic rings. The number of pyridine rings is 1. The summed E-state index contributed by atoms with van der Waals surface area (Å²) in [6, 6.07) is 4.63. The molecule has 1 saturated heterocycles. The van der Waals surface area contributed by atoms with E-state index in [9.17, 15) is 0 Å². The highest BCUT2D eigenvalue weighted by molar-refractivity contribution is 6.31. The van der Waals surface area contributed by atoms with Crippen molar-refractivity contribution in [1.82, 2.24) is 10.3 Å². The smallest absolute Gasteiger partial charge is 0.129 e. The van der Waals surface area contributed by atoms with E-state index in [1.54, 1.807) is 0 Å². The minimum absolute atomic E-state index is 0.240. The summed E-state index contributed by atoms with van der Waals surface area (Å²) in [5.74, 6) is 1.00. The molecule has 1 aromatic rings. The van der Waals surface area contributed by atoms with Crippen molar-refractivity contribution in [2.24, 2.45) is 0 Å². The summed E-state index contributed by atoms with van der Waals surface area (Å²) in [7, 11) is 0. The second-order valence-electron chi connectivity index (χ2n) is 5.92. The van der Waals surface area contributed by atoms with Gasteiger partial charge in [0.25, 0.3) is 0 Å². The Morgan fingerprint density at radius 3 is 2.65 bits per heavy atom. The first-order chi connectivity index (χ1) is 9.61. The highest BCUT2D eigenvalue weighted by Crippen LogP contribution is 2.24. The number of hydrogen-bond acceptors (Lipinski definition) is 4. The topological polar surface area (TPSA) is 37.4 Å². The van der Waals surface area contributed by atoms with Crippen LogP contribution in [0.4, 0.5) is 5.82 Å². The summed E-state index contributed by atoms with van der Waals surface area (Å²) < 4.78 is 5.77. The van der Waals surface area contributed by atoms with Gasteiger partial charge < -0.3 is 15.0 Å². The van der Waals surface area contributed by atoms with Crippen LogP contribution in [0.2, 0.25) is 5.02 Å². The Morgan fingerprint density at radius 1 is 1.30 bits per heavy atom. The van der Waals surface area contributed by atoms with Crippen molar-refractivity contribution in [3.05, 3.63) is 22.8 Å². The Kier molecular flexibility index (Phi) is 4.15. The number of nitrogens with zero attached hydrogens (tertiary/aromatic N) is 2. The Hall–Kier alpha value is -0.840. The summed E-state index contributed by atoms with van der Waals surface area (Å²) in [4.78, 5) is 7.03. The van der Waals surface area contributed by atoms with Crippen molar-refractivity contribution in [2.45, 2.75) is 51.5 Å². The lowest BCUT2D eigenvalue weighted by Gasteiger charge is -2.36. The minimum atomic E-state index is 0.240. The number of ether oxygens (including phenoxy) is 1. The first-order valence-electron chi connectivity index (χ1n) is 7.41. The highest BCUT2D eigenvalue weighted by Gasteiger charge is 2.24. The molecular weight excluding hydrogens is 274 g/mol. The molecule has 2 unspecified atom stereocenters. The van der Waals surface area contributed by atoms with Crippen molar-refractivity contribution in [3.63, 3.8) is 0 Å². The molecule has 1 aromatic heterocycles. The van der Waals surface area contributed by atoms with Gasteiger partial charge in [0.1, 0.15) is 5.82 Å². The summed E-state index contributed by atoms with van der Waals surface area (Å²) in [5, 5.41) is 4.22. The van der Waals surface area contributed by atoms with Gasteiger partial charge in [-0.1, -0.05) is 11.6 Å². The molecule has 1 aliphatic heterocycles. The van der Waals surface area contributed by atoms with Gasteiger partial charge in [-0.3, -0.25) is 0 Å². The SMILES string of the molecule is CC1CN(c2ccc(Cl)c(CNC3CC3)n2)CC(C)O1. The van der Waals surface area contributed by atoms with Gasteiger partial charge in [0.15, 0.2) is 0 Å². The van der Waals surface area contributed by atoms with Crippen LogP contribution in [0.3, 0.4) is 0 Å². The van der Waals surface area contributed by atoms with Gasteiger partial charge in [0.2, 0.25) is 0 Å². The van der Waals surface area contributed by atoms with E-state index in [1.807, 2.05) is 12.1 Å². The summed E-state index contributed by atoms with van der Waals surface area (Å²) in [5.41, 5.74) is 0.947. The molecule has 2 atom stereocenters. The molecule has 110 valence electrons. The van der Waals surface area contributed by atoms with Crippen molar-refractivity contribution in [2.75, 3.05) is 18.0 Å². The summed E-state index contributed by atoms with van der Waals surface area (Å²) in [6.07, 6.45) is 3.03. The molecule has 20 heavy (non-hydrogen) atoms. The van der Waals surface area contributed by atoms with Crippen LogP contribution in [-0.4, -0.2) is 36.3 Å². The standard InChI is InChI=1S/C15H22ClN3O/c1-10-8-19(9-11(2)20-10)15-6-5-13(16)14(18-15)7-17-12-3-4-12/h5-6,10-12,17H,3-4,7-9H2,1-2H3. The van der Waals surface area contributed by atoms with E-state index < -0.39 is 0 Å². The monoisotopic (exact) mass is 295 g/mol. The minimum Gasteiger partial charge on any atom is -0.372 e. The fourth-order valence-corrected chi connectivity index (χ4v) is 2.84. The van der Waals surface area contributed by atoms with Crippen molar-refractivity contribution in [1.29, 1.82) is 0 Å². The van der Waals surface area contributed by atoms with Gasteiger partial charge in [-0.2, -0.15) is 0 Å². The van der Waals surface area contributed by atoms with Crippen LogP contribution < -0.4 is 10.2 Å². The number of hydrogen-bond donors (Lipinski definition) is 1. The molecule has 5 heteroatoms. The van der Waals surface area contributed by atoms with Gasteiger partial charge >= 0.3 is 0 Å². The number of rotatable bonds is 4. The molecule has 0 aromatic carbocycles. The van der Waals surface area contributed by atoms with Gasteiger partial charge in [-0.15, -0.1) is 0 Å². The summed E-state index contributed by atoms with van der Waals surface area (Å²) >= 11 is 6.25. The first-order valence-corrected chi connectivity index (χ1v) is 7.79. The predicted octanol–water partition coefficient (Wildman–Crippen LogP) is 2.60. The highest BCUT2D eigenvalue weighted by atomic mass is 35.5. The molecule has 1 N–H and O–H groups in total. The second kappa shape index (κ2) is 5.88. The molecule has 0 radical (unpaired) electrons. The molecule has 2 fully saturated rings. The van der Waals surface area contributed by atoms with Gasteiger partial charge in [0.05, 0.1) is 22.9 Å². The van der Waals surface area contributed by atoms with Gasteiger partial charge in [-0.25, -0.2) is 4.98 Å². The zero-order valence-corrected chi connectivity index (χ0v) is 12.9. The largest absolute Gasteiger partial charge is 0.372 e. The third-order valence-electron chi connectivity index (χ3n) is 3.78. The second-order valence-corrected chi connectivity index (χ2v) is 6.32. The third kappa shape index (κ3) is 3.43. The summed E-state index contributed by atoms with van der Waals surface area (Å²) in [6.45, 7) is 6.73. The zero-order valence-electron chi connectivity index (χ0n) is 12.1. The van der Waals surface area contributed by atoms with Crippen molar-refractivity contribution in [3.8, 4) is 0 Å². The third-order valence-corrected chi connectivity index (χ3v) is 4.13. The number of nitrogens with one attached hydrogen (secondary N) is 1. The molecule has 0 spiro atoms. The Bertz CT molecular complexity index is 468. The van der Waals surface area contributed by atoms with E-state index in [2.05, 4.69) is 24.1 Å². The number of aromatic nitrogens is 1. The number of halogens is 1. The molecule has 3 rings (SSSR count). The lowest BCUT2D eigenvalue weighted by Crippen LogP contribution is -2.45. The average molecular weight is 296 g/mol. The maximum Gasteiger partial charge on any atom is 0.129 e. The molecular formula is C15H22ClN3O. The first kappa shape index (κ1) is 14.1. The maximum atomic E-state index is 6.25. The molecule has 1 aliphatic carbocycles. The Balaban J connectivity index is 1.73. The van der Waals surface area contributed by atoms with Crippen LogP contribution >= 0.6 is 11.6 Å². The van der Waals surface area contributed by atoms with Crippen LogP contribution in [-0.2, 0) is 11.3 Å². The van der Waals surface area contributed by atoms with E-state index in [-0.39, 0.29) is 12.2 Å². The number of anilines is 1. The van der Waals surface area contributed by atoms with E-state index in [0.29, 0.717) is 6.04 Å². The number of morpholine rings is 1. The molecule has 4 nitrogen and oxygen atoms in total. The van der Waals surface area contributed by atoms with Crippen LogP contribution in [0.25, 0.3) is 0 Å². The predicted molar refractivity (Wildman–Crippen MR) is 81.3 cm³/mol. The molecule has 0 amide bonds. The van der Waals surface area contributed by atoms with E-state index in [4.69, 9.17) is 21.3 Å². The average Bonchev–Trinajstić information content (AvgIpc) is 3.20. The normalized spacial score (nSPS) is 26.9. The molecule has 2 heterocycles. The van der Waals surface area contributed by atoms with Gasteiger partial charge in [-0.05, 0) is 38.8 Å². The van der Waals surface area contributed by atoms with E-state index >= 15 is 0 Å². The quantitative estimate of drug-likeness (QED) is 0.926. The van der Waals surface area contributed by atoms with Crippen molar-refractivity contribution >= 4 is 17.4 Å². The fraction of sp³-hybridized carbons (Fsp3) is 0.667. The van der Waals surface area contributed by atoms with Crippen LogP contribution in [0.5, 0.6) is 0 Å². The van der Waals surface area contributed by atoms with Crippen LogP contribution in [0, 0.1) is 0 Å². The maximum absolute atomic E-state index is 6.25. The Labute approximate surface area is 125 Å². The molecule has 1 saturated carbocycles. The lowest BCUT2D eigenvalue weighted by molar-refractivity contribution is -0.00546. The van der Waals surface area contributed by atoms with Gasteiger partial charge in [0, 0.05) is 25.7 Å². The zero-order chi connectivity index (χ0) is 14.1. The lowest BCUT2D eigenvalue weighted by atomic mass is 10.2.